The fourth-order valence-corrected chi connectivity index (χ4v) is 6.16. The molecule has 0 amide bonds. The van der Waals surface area contributed by atoms with Gasteiger partial charge in [-0.15, -0.1) is 0 Å². The number of allylic oxidation sites excluding steroid dienone is 2. The van der Waals surface area contributed by atoms with Crippen LogP contribution in [0.4, 0.5) is 5.69 Å². The summed E-state index contributed by atoms with van der Waals surface area (Å²) >= 11 is 0. The van der Waals surface area contributed by atoms with E-state index in [1.54, 1.807) is 0 Å². The molecular weight excluding hydrogens is 372 g/mol. The molecule has 1 aromatic rings. The van der Waals surface area contributed by atoms with Crippen LogP contribution in [0.25, 0.3) is 0 Å². The molecule has 3 aliphatic heterocycles. The maximum absolute atomic E-state index is 13.6. The molecule has 0 saturated carbocycles. The highest BCUT2D eigenvalue weighted by Crippen LogP contribution is 2.54. The van der Waals surface area contributed by atoms with Crippen molar-refractivity contribution in [2.75, 3.05) is 11.4 Å². The van der Waals surface area contributed by atoms with E-state index in [1.807, 2.05) is 6.20 Å². The number of nitrogens with one attached hydrogen (secondary N) is 1. The third kappa shape index (κ3) is 2.78. The van der Waals surface area contributed by atoms with Crippen molar-refractivity contribution in [2.24, 2.45) is 15.6 Å². The maximum Gasteiger partial charge on any atom is 0.164 e. The molecule has 0 radical (unpaired) electrons. The SMILES string of the molecule is CC[C@]1(c2cccc(N3CCC[C@H]3C)c2)C2=CN=NC2NC2=C1C(=O)CC(C)(C)C2. The third-order valence-electron chi connectivity index (χ3n) is 7.53. The van der Waals surface area contributed by atoms with Crippen molar-refractivity contribution in [1.82, 2.24) is 5.32 Å². The number of hydrogen-bond acceptors (Lipinski definition) is 5. The molecule has 5 rings (SSSR count). The van der Waals surface area contributed by atoms with Crippen LogP contribution in [-0.2, 0) is 10.2 Å². The summed E-state index contributed by atoms with van der Waals surface area (Å²) in [4.78, 5) is 16.1. The van der Waals surface area contributed by atoms with Gasteiger partial charge in [0.15, 0.2) is 11.9 Å². The fourth-order valence-electron chi connectivity index (χ4n) is 6.16. The Balaban J connectivity index is 1.70. The molecule has 1 unspecified atom stereocenters. The number of ketones is 1. The lowest BCUT2D eigenvalue weighted by Crippen LogP contribution is -2.51. The fraction of sp³-hybridized carbons (Fsp3) is 0.560. The number of fused-ring (bicyclic) bond motifs is 1. The topological polar surface area (TPSA) is 57.1 Å². The molecule has 3 atom stereocenters. The Labute approximate surface area is 179 Å². The summed E-state index contributed by atoms with van der Waals surface area (Å²) in [6.07, 6.45) is 6.49. The zero-order valence-electron chi connectivity index (χ0n) is 18.5. The Bertz CT molecular complexity index is 989. The van der Waals surface area contributed by atoms with Crippen molar-refractivity contribution >= 4 is 11.5 Å². The standard InChI is InChI=1S/C25H32N4O/c1-5-25(17-9-6-10-18(12-17)29-11-7-8-16(29)2)19-15-26-28-23(19)27-20-13-24(3,4)14-21(30)22(20)25/h6,9-10,12,15-16,23,27H,5,7-8,11,13-14H2,1-4H3/t16-,23?,25+/m1/s1. The van der Waals surface area contributed by atoms with E-state index >= 15 is 0 Å². The Morgan fingerprint density at radius 1 is 1.27 bits per heavy atom. The molecule has 0 aromatic heterocycles. The number of anilines is 1. The molecule has 1 saturated heterocycles. The molecule has 5 heteroatoms. The van der Waals surface area contributed by atoms with Gasteiger partial charge in [0.1, 0.15) is 0 Å². The van der Waals surface area contributed by atoms with Gasteiger partial charge in [-0.25, -0.2) is 0 Å². The number of benzene rings is 1. The second-order valence-electron chi connectivity index (χ2n) is 10.2. The van der Waals surface area contributed by atoms with Gasteiger partial charge in [-0.05, 0) is 55.7 Å². The lowest BCUT2D eigenvalue weighted by atomic mass is 9.59. The van der Waals surface area contributed by atoms with E-state index in [-0.39, 0.29) is 17.4 Å². The first-order valence-electron chi connectivity index (χ1n) is 11.4. The van der Waals surface area contributed by atoms with Crippen molar-refractivity contribution in [1.29, 1.82) is 0 Å². The van der Waals surface area contributed by atoms with Crippen LogP contribution < -0.4 is 10.2 Å². The summed E-state index contributed by atoms with van der Waals surface area (Å²) in [6, 6.07) is 9.45. The third-order valence-corrected chi connectivity index (χ3v) is 7.53. The Kier molecular flexibility index (Phi) is 4.42. The van der Waals surface area contributed by atoms with Gasteiger partial charge in [0.2, 0.25) is 0 Å². The highest BCUT2D eigenvalue weighted by atomic mass is 16.1. The van der Waals surface area contributed by atoms with Crippen LogP contribution in [0.3, 0.4) is 0 Å². The van der Waals surface area contributed by atoms with Crippen LogP contribution in [0.2, 0.25) is 0 Å². The van der Waals surface area contributed by atoms with Crippen molar-refractivity contribution in [2.45, 2.75) is 77.4 Å². The Morgan fingerprint density at radius 3 is 2.83 bits per heavy atom. The summed E-state index contributed by atoms with van der Waals surface area (Å²) in [7, 11) is 0. The van der Waals surface area contributed by atoms with Crippen LogP contribution in [0.5, 0.6) is 0 Å². The highest BCUT2D eigenvalue weighted by Gasteiger charge is 2.53. The average Bonchev–Trinajstić information content (AvgIpc) is 3.34. The van der Waals surface area contributed by atoms with E-state index in [9.17, 15) is 4.79 Å². The molecule has 0 spiro atoms. The van der Waals surface area contributed by atoms with Gasteiger partial charge < -0.3 is 10.2 Å². The van der Waals surface area contributed by atoms with Crippen molar-refractivity contribution in [3.8, 4) is 0 Å². The summed E-state index contributed by atoms with van der Waals surface area (Å²) in [5, 5.41) is 12.3. The minimum Gasteiger partial charge on any atom is -0.369 e. The zero-order chi connectivity index (χ0) is 21.1. The molecule has 1 N–H and O–H groups in total. The molecule has 1 aliphatic carbocycles. The molecule has 0 bridgehead atoms. The van der Waals surface area contributed by atoms with Gasteiger partial charge in [0.25, 0.3) is 0 Å². The van der Waals surface area contributed by atoms with Gasteiger partial charge in [0, 0.05) is 41.5 Å². The Hall–Kier alpha value is -2.43. The van der Waals surface area contributed by atoms with Gasteiger partial charge in [-0.2, -0.15) is 10.2 Å². The Morgan fingerprint density at radius 2 is 2.10 bits per heavy atom. The average molecular weight is 405 g/mol. The van der Waals surface area contributed by atoms with Crippen molar-refractivity contribution < 1.29 is 4.79 Å². The van der Waals surface area contributed by atoms with Gasteiger partial charge in [-0.3, -0.25) is 4.79 Å². The molecular formula is C25H32N4O. The van der Waals surface area contributed by atoms with Gasteiger partial charge in [0.05, 0.1) is 11.6 Å². The number of rotatable bonds is 3. The predicted molar refractivity (Wildman–Crippen MR) is 119 cm³/mol. The molecule has 4 aliphatic rings. The monoisotopic (exact) mass is 404 g/mol. The van der Waals surface area contributed by atoms with Crippen LogP contribution in [0.15, 0.2) is 57.5 Å². The number of carbonyl (C=O) groups excluding carboxylic acids is 1. The largest absolute Gasteiger partial charge is 0.369 e. The number of hydrogen-bond donors (Lipinski definition) is 1. The van der Waals surface area contributed by atoms with Crippen LogP contribution >= 0.6 is 0 Å². The first-order chi connectivity index (χ1) is 14.4. The normalized spacial score (nSPS) is 32.1. The van der Waals surface area contributed by atoms with Gasteiger partial charge >= 0.3 is 0 Å². The first kappa shape index (κ1) is 19.5. The number of azo groups is 1. The molecule has 30 heavy (non-hydrogen) atoms. The summed E-state index contributed by atoms with van der Waals surface area (Å²) in [5.41, 5.74) is 5.11. The quantitative estimate of drug-likeness (QED) is 0.749. The van der Waals surface area contributed by atoms with Gasteiger partial charge in [-0.1, -0.05) is 32.9 Å². The van der Waals surface area contributed by atoms with Crippen molar-refractivity contribution in [3.63, 3.8) is 0 Å². The predicted octanol–water partition coefficient (Wildman–Crippen LogP) is 5.25. The van der Waals surface area contributed by atoms with E-state index in [2.05, 4.69) is 72.4 Å². The van der Waals surface area contributed by atoms with Crippen LogP contribution in [-0.4, -0.2) is 24.5 Å². The smallest absolute Gasteiger partial charge is 0.164 e. The molecule has 1 aromatic carbocycles. The van der Waals surface area contributed by atoms with E-state index in [1.165, 1.54) is 24.1 Å². The van der Waals surface area contributed by atoms with Crippen LogP contribution in [0.1, 0.15) is 65.4 Å². The molecule has 158 valence electrons. The summed E-state index contributed by atoms with van der Waals surface area (Å²) in [6.45, 7) is 9.97. The van der Waals surface area contributed by atoms with E-state index in [0.29, 0.717) is 12.5 Å². The highest BCUT2D eigenvalue weighted by molar-refractivity contribution is 6.01. The minimum absolute atomic E-state index is 0.0355. The maximum atomic E-state index is 13.6. The summed E-state index contributed by atoms with van der Waals surface area (Å²) in [5.74, 6) is 0.266. The molecule has 5 nitrogen and oxygen atoms in total. The second-order valence-corrected chi connectivity index (χ2v) is 10.2. The molecule has 3 heterocycles. The lowest BCUT2D eigenvalue weighted by molar-refractivity contribution is -0.119. The zero-order valence-corrected chi connectivity index (χ0v) is 18.5. The van der Waals surface area contributed by atoms with E-state index < -0.39 is 5.41 Å². The van der Waals surface area contributed by atoms with Crippen molar-refractivity contribution in [3.05, 3.63) is 52.9 Å². The van der Waals surface area contributed by atoms with E-state index in [4.69, 9.17) is 0 Å². The molecule has 1 fully saturated rings. The minimum atomic E-state index is -0.457. The number of carbonyl (C=O) groups is 1. The summed E-state index contributed by atoms with van der Waals surface area (Å²) < 4.78 is 0. The first-order valence-corrected chi connectivity index (χ1v) is 11.4. The number of nitrogens with zero attached hydrogens (tertiary/aromatic N) is 3. The van der Waals surface area contributed by atoms with E-state index in [0.717, 1.165) is 36.2 Å². The second kappa shape index (κ2) is 6.79. The lowest BCUT2D eigenvalue weighted by Gasteiger charge is -2.48. The number of Topliss-reactive ketones (excluding diaryl/α,β-unsaturated/α-hetero) is 1. The van der Waals surface area contributed by atoms with Crippen LogP contribution in [0, 0.1) is 5.41 Å².